The molecule has 9 heteroatoms. The van der Waals surface area contributed by atoms with Crippen molar-refractivity contribution in [1.29, 1.82) is 0 Å². The average molecular weight is 1760 g/mol. The van der Waals surface area contributed by atoms with E-state index in [9.17, 15) is 0 Å². The number of rotatable bonds is 22. The molecule has 15 aromatic rings. The normalized spacial score (nSPS) is 12.8. The first-order chi connectivity index (χ1) is 63.8. The molecule has 2 aliphatic heterocycles. The van der Waals surface area contributed by atoms with Crippen molar-refractivity contribution in [2.24, 2.45) is 0 Å². The number of anilines is 3. The SMILES string of the molecule is CCCCCCc1ccc(N(c2ccc(C3=c4[nH]c(c(C)c4CC)=C(c4c(C)cc(C)cc4C)c4[nH]c(c(CC)c4C)C=c4[nH]c(c(C)c4CC)=C(c4c(C)cc(C)cc4C)c4[nH]c3c(CC)c4C)cc2)c2ccc(C3=c4[nH]c(c(C)c4CC)=C(c4c(C)cc(C)cc4C)c4[nH]c(c(CC)c4C)C=c4[nH]c(c(C)c4CC)=C(c4c(C)cc(C)cc4C)c4[nH]c3c(CC)c4C)cc2)cc1. The molecule has 7 aromatic carbocycles. The van der Waals surface area contributed by atoms with Gasteiger partial charge in [-0.25, -0.2) is 0 Å². The first-order valence-electron chi connectivity index (χ1n) is 50.0. The van der Waals surface area contributed by atoms with Crippen LogP contribution in [0.15, 0.2) is 121 Å². The number of aromatic amines is 8. The number of H-pyrrole nitrogens is 8. The molecule has 8 N–H and O–H groups in total. The molecule has 0 spiro atoms. The summed E-state index contributed by atoms with van der Waals surface area (Å²) in [5, 5.41) is 9.16. The number of fused-ring (bicyclic) bond motifs is 16. The Morgan fingerprint density at radius 2 is 0.496 bits per heavy atom. The van der Waals surface area contributed by atoms with Crippen LogP contribution in [0.2, 0.25) is 0 Å². The lowest BCUT2D eigenvalue weighted by Gasteiger charge is -2.26. The zero-order chi connectivity index (χ0) is 94.6. The molecule has 0 atom stereocenters. The fourth-order valence-electron chi connectivity index (χ4n) is 24.6. The fraction of sp³-hybridized carbons (Fsp3) is 0.339. The van der Waals surface area contributed by atoms with Gasteiger partial charge in [0.05, 0.1) is 66.3 Å². The Kier molecular flexibility index (Phi) is 25.6. The molecule has 16 bridgehead atoms. The van der Waals surface area contributed by atoms with E-state index >= 15 is 0 Å². The maximum absolute atomic E-state index is 4.46. The van der Waals surface area contributed by atoms with Crippen molar-refractivity contribution in [3.63, 3.8) is 0 Å². The molecular formula is C124H143N9. The van der Waals surface area contributed by atoms with Crippen LogP contribution in [0.4, 0.5) is 17.1 Å². The highest BCUT2D eigenvalue weighted by atomic mass is 15.1. The Balaban J connectivity index is 0.958. The van der Waals surface area contributed by atoms with E-state index in [0.717, 1.165) is 185 Å². The quantitative estimate of drug-likeness (QED) is 0.0316. The minimum absolute atomic E-state index is 0.809. The molecular weight excluding hydrogens is 1620 g/mol. The largest absolute Gasteiger partial charge is 0.354 e. The number of aromatic nitrogens is 8. The summed E-state index contributed by atoms with van der Waals surface area (Å²) in [5.41, 5.74) is 64.0. The molecule has 0 unspecified atom stereocenters. The lowest BCUT2D eigenvalue weighted by Crippen LogP contribution is -2.21. The van der Waals surface area contributed by atoms with Gasteiger partial charge >= 0.3 is 0 Å². The second-order valence-corrected chi connectivity index (χ2v) is 39.4. The smallest absolute Gasteiger partial charge is 0.0521 e. The Morgan fingerprint density at radius 3 is 0.789 bits per heavy atom. The number of nitrogens with zero attached hydrogens (tertiary/aromatic N) is 1. The Hall–Kier alpha value is -12.5. The molecule has 0 amide bonds. The zero-order valence-electron chi connectivity index (χ0n) is 85.3. The van der Waals surface area contributed by atoms with Crippen molar-refractivity contribution < 1.29 is 0 Å². The van der Waals surface area contributed by atoms with Gasteiger partial charge in [0.25, 0.3) is 0 Å². The van der Waals surface area contributed by atoms with Gasteiger partial charge in [-0.15, -0.1) is 0 Å². The summed E-state index contributed by atoms with van der Waals surface area (Å²) < 4.78 is 0. The third-order valence-electron chi connectivity index (χ3n) is 30.6. The van der Waals surface area contributed by atoms with E-state index in [1.54, 1.807) is 0 Å². The van der Waals surface area contributed by atoms with Crippen molar-refractivity contribution in [3.05, 3.63) is 404 Å². The Labute approximate surface area is 790 Å². The highest BCUT2D eigenvalue weighted by Crippen LogP contribution is 2.44. The number of hydrogen-bond donors (Lipinski definition) is 8. The topological polar surface area (TPSA) is 130 Å². The number of hydrogen-bond acceptors (Lipinski definition) is 1. The summed E-state index contributed by atoms with van der Waals surface area (Å²) in [6, 6.07) is 47.9. The van der Waals surface area contributed by atoms with Gasteiger partial charge in [-0.1, -0.05) is 189 Å². The van der Waals surface area contributed by atoms with Crippen LogP contribution in [0, 0.1) is 138 Å². The lowest BCUT2D eigenvalue weighted by atomic mass is 9.89. The first-order valence-corrected chi connectivity index (χ1v) is 50.0. The van der Waals surface area contributed by atoms with Gasteiger partial charge in [-0.3, -0.25) is 0 Å². The molecule has 10 heterocycles. The number of unbranched alkanes of at least 4 members (excludes halogenated alkanes) is 3. The predicted octanol–water partition coefficient (Wildman–Crippen LogP) is 24.3. The molecule has 2 aliphatic rings. The van der Waals surface area contributed by atoms with Crippen LogP contribution in [0.1, 0.15) is 328 Å². The van der Waals surface area contributed by atoms with Gasteiger partial charge in [-0.2, -0.15) is 0 Å². The maximum Gasteiger partial charge on any atom is 0.0521 e. The van der Waals surface area contributed by atoms with Crippen LogP contribution in [0.25, 0.3) is 45.6 Å². The van der Waals surface area contributed by atoms with Gasteiger partial charge in [0.15, 0.2) is 0 Å². The second kappa shape index (κ2) is 36.8. The van der Waals surface area contributed by atoms with Crippen LogP contribution in [-0.4, -0.2) is 39.9 Å². The van der Waals surface area contributed by atoms with E-state index in [4.69, 9.17) is 0 Å². The van der Waals surface area contributed by atoms with E-state index in [0.29, 0.717) is 0 Å². The minimum Gasteiger partial charge on any atom is -0.354 e. The van der Waals surface area contributed by atoms with Gasteiger partial charge in [0.1, 0.15) is 0 Å². The van der Waals surface area contributed by atoms with Crippen LogP contribution < -0.4 is 47.7 Å². The van der Waals surface area contributed by atoms with Gasteiger partial charge in [0, 0.05) is 72.6 Å². The van der Waals surface area contributed by atoms with Crippen LogP contribution in [0.5, 0.6) is 0 Å². The van der Waals surface area contributed by atoms with E-state index in [1.165, 1.54) is 232 Å². The van der Waals surface area contributed by atoms with Gasteiger partial charge in [0.2, 0.25) is 0 Å². The predicted molar refractivity (Wildman–Crippen MR) is 565 cm³/mol. The maximum atomic E-state index is 4.46. The summed E-state index contributed by atoms with van der Waals surface area (Å²) in [4.78, 5) is 37.4. The van der Waals surface area contributed by atoms with Gasteiger partial charge in [-0.05, 0) is 424 Å². The van der Waals surface area contributed by atoms with Gasteiger partial charge < -0.3 is 44.8 Å². The minimum atomic E-state index is 0.809. The monoisotopic (exact) mass is 1760 g/mol. The Bertz CT molecular complexity index is 7240. The Morgan fingerprint density at radius 1 is 0.226 bits per heavy atom. The summed E-state index contributed by atoms with van der Waals surface area (Å²) in [6.45, 7) is 67.5. The molecule has 8 aromatic heterocycles. The van der Waals surface area contributed by atoms with E-state index in [1.807, 2.05) is 0 Å². The zero-order valence-corrected chi connectivity index (χ0v) is 85.3. The van der Waals surface area contributed by atoms with E-state index in [2.05, 4.69) is 379 Å². The fourth-order valence-corrected chi connectivity index (χ4v) is 24.6. The third-order valence-corrected chi connectivity index (χ3v) is 30.6. The second-order valence-electron chi connectivity index (χ2n) is 39.4. The summed E-state index contributed by atoms with van der Waals surface area (Å²) in [6.07, 6.45) is 17.5. The van der Waals surface area contributed by atoms with E-state index < -0.39 is 0 Å². The van der Waals surface area contributed by atoms with Crippen molar-refractivity contribution >= 4 is 62.7 Å². The summed E-state index contributed by atoms with van der Waals surface area (Å²) >= 11 is 0. The van der Waals surface area contributed by atoms with Crippen LogP contribution in [0.3, 0.4) is 0 Å². The van der Waals surface area contributed by atoms with Crippen LogP contribution in [-0.2, 0) is 57.8 Å². The van der Waals surface area contributed by atoms with Crippen molar-refractivity contribution in [1.82, 2.24) is 39.9 Å². The van der Waals surface area contributed by atoms with Crippen molar-refractivity contribution in [2.45, 2.75) is 284 Å². The lowest BCUT2D eigenvalue weighted by molar-refractivity contribution is 0.667. The molecule has 133 heavy (non-hydrogen) atoms. The van der Waals surface area contributed by atoms with Crippen molar-refractivity contribution in [3.8, 4) is 0 Å². The molecule has 9 nitrogen and oxygen atoms in total. The number of benzene rings is 7. The van der Waals surface area contributed by atoms with Crippen molar-refractivity contribution in [2.75, 3.05) is 4.90 Å². The molecule has 0 aliphatic carbocycles. The molecule has 0 saturated heterocycles. The number of aryl methyl sites for hydroxylation is 13. The molecule has 684 valence electrons. The molecule has 0 radical (unpaired) electrons. The standard InChI is InChI=1S/C124H143N9/c1-30-39-40-41-42-85-43-49-88(50-44-85)133(89-51-45-86(46-52-89)107-121-95(35-6)81(26)117(129-121)109(103-69(14)55-65(10)56-70(103)15)113-77(22)91(31-2)99(125-113)63-100-92(32-3)78(23)114(126-100)110(104-71(16)57-66(11)58-72(104)17)118-82(27)96(36-7)122(107)130-118)90-53-47-87(48-54-90)108-123-97(37-8)83(28)119(131-123)111(105-73(18)59-67(12)60-74(105)19)115-79(24)93(33-4)101(127-115)64-102-94(34-5)80(25)116(128-102)112(106-75(20)61-68(13)62-76(106)21)120-84(29)98(38-9)124(108)132-120/h43-64,125-132H,30-42H2,1-29H3. The highest BCUT2D eigenvalue weighted by Gasteiger charge is 2.33. The third kappa shape index (κ3) is 15.8. The van der Waals surface area contributed by atoms with Crippen LogP contribution >= 0.6 is 0 Å². The highest BCUT2D eigenvalue weighted by molar-refractivity contribution is 5.93. The van der Waals surface area contributed by atoms with E-state index in [-0.39, 0.29) is 0 Å². The molecule has 0 fully saturated rings. The first kappa shape index (κ1) is 92.4. The summed E-state index contributed by atoms with van der Waals surface area (Å²) in [7, 11) is 0. The average Bonchev–Trinajstić information content (AvgIpc) is 1.57. The molecule has 0 saturated carbocycles. The number of nitrogens with one attached hydrogen (secondary N) is 8. The summed E-state index contributed by atoms with van der Waals surface area (Å²) in [5.74, 6) is 0. The molecule has 17 rings (SSSR count).